The quantitative estimate of drug-likeness (QED) is 0.804. The van der Waals surface area contributed by atoms with Gasteiger partial charge in [0.25, 0.3) is 5.91 Å². The Kier molecular flexibility index (Phi) is 6.58. The van der Waals surface area contributed by atoms with Gasteiger partial charge in [0.2, 0.25) is 0 Å². The number of pyridine rings is 1. The van der Waals surface area contributed by atoms with Gasteiger partial charge in [0.15, 0.2) is 0 Å². The summed E-state index contributed by atoms with van der Waals surface area (Å²) in [4.78, 5) is 19.6. The summed E-state index contributed by atoms with van der Waals surface area (Å²) in [6, 6.07) is 7.82. The van der Waals surface area contributed by atoms with Crippen LogP contribution in [-0.4, -0.2) is 58.4 Å². The molecule has 1 atom stereocenters. The maximum absolute atomic E-state index is 12.7. The summed E-state index contributed by atoms with van der Waals surface area (Å²) in [5.41, 5.74) is 2.50. The fourth-order valence-corrected chi connectivity index (χ4v) is 3.42. The number of ether oxygens (including phenoxy) is 1. The Morgan fingerprint density at radius 1 is 1.30 bits per heavy atom. The van der Waals surface area contributed by atoms with E-state index >= 15 is 0 Å². The first kappa shape index (κ1) is 19.5. The zero-order chi connectivity index (χ0) is 19.2. The molecule has 0 spiro atoms. The SMILES string of the molecule is CC(C)Cc1cc(C(=O)NC[C@H](c2ccccn2)N2CCOCC2)n(C)n1. The molecule has 1 aliphatic rings. The number of hydrogen-bond donors (Lipinski definition) is 1. The molecule has 1 saturated heterocycles. The lowest BCUT2D eigenvalue weighted by molar-refractivity contribution is 0.0153. The van der Waals surface area contributed by atoms with Crippen molar-refractivity contribution in [2.75, 3.05) is 32.8 Å². The van der Waals surface area contributed by atoms with Crippen molar-refractivity contribution in [2.45, 2.75) is 26.3 Å². The summed E-state index contributed by atoms with van der Waals surface area (Å²) in [5.74, 6) is 0.403. The van der Waals surface area contributed by atoms with Crippen LogP contribution in [0.5, 0.6) is 0 Å². The molecule has 1 aliphatic heterocycles. The molecule has 0 saturated carbocycles. The van der Waals surface area contributed by atoms with Crippen LogP contribution in [0.4, 0.5) is 0 Å². The van der Waals surface area contributed by atoms with Gasteiger partial charge in [-0.15, -0.1) is 0 Å². The molecule has 0 unspecified atom stereocenters. The minimum absolute atomic E-state index is 0.0300. The number of amides is 1. The molecule has 7 heteroatoms. The second-order valence-corrected chi connectivity index (χ2v) is 7.37. The van der Waals surface area contributed by atoms with Crippen molar-refractivity contribution in [2.24, 2.45) is 13.0 Å². The summed E-state index contributed by atoms with van der Waals surface area (Å²) in [6.07, 6.45) is 2.66. The van der Waals surface area contributed by atoms with E-state index in [1.807, 2.05) is 31.3 Å². The van der Waals surface area contributed by atoms with Crippen LogP contribution >= 0.6 is 0 Å². The van der Waals surface area contributed by atoms with Crippen molar-refractivity contribution < 1.29 is 9.53 Å². The Morgan fingerprint density at radius 3 is 2.74 bits per heavy atom. The van der Waals surface area contributed by atoms with E-state index in [0.29, 0.717) is 31.4 Å². The van der Waals surface area contributed by atoms with E-state index in [1.165, 1.54) is 0 Å². The van der Waals surface area contributed by atoms with Gasteiger partial charge in [0.1, 0.15) is 5.69 Å². The van der Waals surface area contributed by atoms with E-state index in [2.05, 4.69) is 34.1 Å². The molecule has 7 nitrogen and oxygen atoms in total. The molecule has 0 radical (unpaired) electrons. The van der Waals surface area contributed by atoms with Crippen LogP contribution in [0.15, 0.2) is 30.5 Å². The molecule has 0 bridgehead atoms. The van der Waals surface area contributed by atoms with Gasteiger partial charge in [0.05, 0.1) is 30.6 Å². The Labute approximate surface area is 160 Å². The van der Waals surface area contributed by atoms with Crippen LogP contribution in [0.1, 0.15) is 41.8 Å². The summed E-state index contributed by atoms with van der Waals surface area (Å²) < 4.78 is 7.13. The summed E-state index contributed by atoms with van der Waals surface area (Å²) in [5, 5.41) is 7.54. The minimum atomic E-state index is -0.103. The highest BCUT2D eigenvalue weighted by atomic mass is 16.5. The summed E-state index contributed by atoms with van der Waals surface area (Å²) in [7, 11) is 1.82. The lowest BCUT2D eigenvalue weighted by atomic mass is 10.1. The van der Waals surface area contributed by atoms with Crippen molar-refractivity contribution in [3.63, 3.8) is 0 Å². The van der Waals surface area contributed by atoms with E-state index in [-0.39, 0.29) is 11.9 Å². The van der Waals surface area contributed by atoms with E-state index in [4.69, 9.17) is 4.74 Å². The standard InChI is InChI=1S/C20H29N5O2/c1-15(2)12-16-13-18(24(3)23-16)20(26)22-14-19(17-6-4-5-7-21-17)25-8-10-27-11-9-25/h4-7,13,15,19H,8-12,14H2,1-3H3,(H,22,26)/t19-/m1/s1. The molecule has 2 aromatic rings. The van der Waals surface area contributed by atoms with Crippen LogP contribution in [0.3, 0.4) is 0 Å². The van der Waals surface area contributed by atoms with Crippen molar-refractivity contribution in [1.29, 1.82) is 0 Å². The fraction of sp³-hybridized carbons (Fsp3) is 0.550. The smallest absolute Gasteiger partial charge is 0.269 e. The predicted octanol–water partition coefficient (Wildman–Crippen LogP) is 1.82. The van der Waals surface area contributed by atoms with Crippen LogP contribution in [0.25, 0.3) is 0 Å². The van der Waals surface area contributed by atoms with Crippen LogP contribution in [-0.2, 0) is 18.2 Å². The molecule has 146 valence electrons. The van der Waals surface area contributed by atoms with Gasteiger partial charge in [-0.1, -0.05) is 19.9 Å². The van der Waals surface area contributed by atoms with E-state index < -0.39 is 0 Å². The Balaban J connectivity index is 1.69. The zero-order valence-electron chi connectivity index (χ0n) is 16.4. The third-order valence-corrected chi connectivity index (χ3v) is 4.75. The molecule has 1 amide bonds. The van der Waals surface area contributed by atoms with Crippen LogP contribution in [0, 0.1) is 5.92 Å². The van der Waals surface area contributed by atoms with Gasteiger partial charge in [-0.25, -0.2) is 0 Å². The fourth-order valence-electron chi connectivity index (χ4n) is 3.42. The Bertz CT molecular complexity index is 738. The lowest BCUT2D eigenvalue weighted by Crippen LogP contribution is -2.44. The maximum atomic E-state index is 12.7. The number of morpholine rings is 1. The molecule has 0 aromatic carbocycles. The Hall–Kier alpha value is -2.25. The first-order valence-electron chi connectivity index (χ1n) is 9.58. The number of aromatic nitrogens is 3. The summed E-state index contributed by atoms with van der Waals surface area (Å²) >= 11 is 0. The number of hydrogen-bond acceptors (Lipinski definition) is 5. The molecular formula is C20H29N5O2. The second-order valence-electron chi connectivity index (χ2n) is 7.37. The third-order valence-electron chi connectivity index (χ3n) is 4.75. The van der Waals surface area contributed by atoms with Gasteiger partial charge in [0, 0.05) is 32.9 Å². The molecular weight excluding hydrogens is 342 g/mol. The first-order valence-corrected chi connectivity index (χ1v) is 9.58. The van der Waals surface area contributed by atoms with E-state index in [1.54, 1.807) is 10.9 Å². The first-order chi connectivity index (χ1) is 13.0. The largest absolute Gasteiger partial charge is 0.379 e. The van der Waals surface area contributed by atoms with Gasteiger partial charge >= 0.3 is 0 Å². The molecule has 2 aromatic heterocycles. The van der Waals surface area contributed by atoms with Gasteiger partial charge in [-0.2, -0.15) is 5.10 Å². The highest BCUT2D eigenvalue weighted by Gasteiger charge is 2.25. The molecule has 3 rings (SSSR count). The number of aryl methyl sites for hydroxylation is 1. The number of nitrogens with zero attached hydrogens (tertiary/aromatic N) is 4. The zero-order valence-corrected chi connectivity index (χ0v) is 16.4. The Morgan fingerprint density at radius 2 is 2.07 bits per heavy atom. The number of rotatable bonds is 7. The monoisotopic (exact) mass is 371 g/mol. The van der Waals surface area contributed by atoms with Crippen molar-refractivity contribution in [1.82, 2.24) is 25.0 Å². The average Bonchev–Trinajstić information content (AvgIpc) is 3.03. The van der Waals surface area contributed by atoms with Gasteiger partial charge in [-0.3, -0.25) is 19.4 Å². The topological polar surface area (TPSA) is 72.3 Å². The number of carbonyl (C=O) groups excluding carboxylic acids is 1. The van der Waals surface area contributed by atoms with E-state index in [9.17, 15) is 4.79 Å². The molecule has 1 fully saturated rings. The number of carbonyl (C=O) groups is 1. The van der Waals surface area contributed by atoms with Crippen LogP contribution < -0.4 is 5.32 Å². The van der Waals surface area contributed by atoms with Crippen LogP contribution in [0.2, 0.25) is 0 Å². The molecule has 1 N–H and O–H groups in total. The third kappa shape index (κ3) is 5.14. The predicted molar refractivity (Wildman–Crippen MR) is 103 cm³/mol. The highest BCUT2D eigenvalue weighted by molar-refractivity contribution is 5.92. The molecule has 27 heavy (non-hydrogen) atoms. The maximum Gasteiger partial charge on any atom is 0.269 e. The van der Waals surface area contributed by atoms with Crippen molar-refractivity contribution in [3.8, 4) is 0 Å². The second kappa shape index (κ2) is 9.10. The van der Waals surface area contributed by atoms with Gasteiger partial charge < -0.3 is 10.1 Å². The van der Waals surface area contributed by atoms with Crippen molar-refractivity contribution in [3.05, 3.63) is 47.5 Å². The average molecular weight is 371 g/mol. The highest BCUT2D eigenvalue weighted by Crippen LogP contribution is 2.19. The van der Waals surface area contributed by atoms with Gasteiger partial charge in [-0.05, 0) is 30.5 Å². The normalized spacial score (nSPS) is 16.4. The molecule has 0 aliphatic carbocycles. The number of nitrogens with one attached hydrogen (secondary N) is 1. The molecule has 3 heterocycles. The summed E-state index contributed by atoms with van der Waals surface area (Å²) in [6.45, 7) is 7.88. The van der Waals surface area contributed by atoms with Crippen molar-refractivity contribution >= 4 is 5.91 Å². The minimum Gasteiger partial charge on any atom is -0.379 e. The lowest BCUT2D eigenvalue weighted by Gasteiger charge is -2.34. The van der Waals surface area contributed by atoms with E-state index in [0.717, 1.165) is 30.9 Å².